The zero-order valence-corrected chi connectivity index (χ0v) is 37.4. The number of rotatable bonds is 21. The summed E-state index contributed by atoms with van der Waals surface area (Å²) in [5.74, 6) is -2.79. The summed E-state index contributed by atoms with van der Waals surface area (Å²) in [6.45, 7) is 2.48. The number of imide groups is 1. The van der Waals surface area contributed by atoms with Crippen molar-refractivity contribution in [1.29, 1.82) is 0 Å². The van der Waals surface area contributed by atoms with E-state index >= 15 is 0 Å². The fourth-order valence-electron chi connectivity index (χ4n) is 8.02. The van der Waals surface area contributed by atoms with Gasteiger partial charge in [0, 0.05) is 70.7 Å². The number of fused-ring (bicyclic) bond motifs is 4. The molecule has 1 aromatic heterocycles. The lowest BCUT2D eigenvalue weighted by Crippen LogP contribution is -2.52. The fraction of sp³-hybridized carbons (Fsp3) is 0.306. The first kappa shape index (κ1) is 47.7. The predicted octanol–water partition coefficient (Wildman–Crippen LogP) is 5.54. The van der Waals surface area contributed by atoms with Crippen LogP contribution in [0.5, 0.6) is 0 Å². The number of benzene rings is 4. The fourth-order valence-corrected chi connectivity index (χ4v) is 8.19. The molecule has 1 atom stereocenters. The third-order valence-corrected chi connectivity index (χ3v) is 11.6. The predicted molar refractivity (Wildman–Crippen MR) is 245 cm³/mol. The Labute approximate surface area is 394 Å². The van der Waals surface area contributed by atoms with E-state index in [1.807, 2.05) is 0 Å². The van der Waals surface area contributed by atoms with Crippen molar-refractivity contribution in [2.75, 3.05) is 64.7 Å². The highest BCUT2D eigenvalue weighted by Gasteiger charge is 2.40. The highest BCUT2D eigenvalue weighted by Crippen LogP contribution is 2.35. The van der Waals surface area contributed by atoms with Crippen molar-refractivity contribution in [3.05, 3.63) is 141 Å². The maximum absolute atomic E-state index is 14.9. The van der Waals surface area contributed by atoms with Crippen molar-refractivity contribution in [1.82, 2.24) is 25.5 Å². The number of nitrogens with one attached hydrogen (secondary N) is 3. The molecule has 19 heteroatoms. The second-order valence-electron chi connectivity index (χ2n) is 15.9. The molecule has 1 saturated heterocycles. The van der Waals surface area contributed by atoms with Gasteiger partial charge in [0.25, 0.3) is 11.8 Å². The number of nitrogens with zero attached hydrogens (tertiary/aromatic N) is 4. The number of aliphatic imine (C=N–C) groups is 1. The molecule has 0 radical (unpaired) electrons. The van der Waals surface area contributed by atoms with Crippen molar-refractivity contribution in [2.24, 2.45) is 4.99 Å². The van der Waals surface area contributed by atoms with Gasteiger partial charge in [-0.2, -0.15) is 0 Å². The molecule has 0 aliphatic carbocycles. The standard InChI is InChI=1S/C49H46ClF2N7O9/c50-32-9-12-35-37(24-32)45(43-39(51)5-2-6-40(43)52)54-25-31-26-55-49(58-44(31)35)56-33-10-7-29(8-11-33)46(62)53-15-16-65-17-18-66-19-20-67-21-22-68-28-34(60)23-30-3-1-4-36-38(30)27-59(48(36)64)41-13-14-42(61)57-47(41)63/h1-12,24,26,41H,13-23,25,27-28H2,(H,53,62)(H,55,56,58)(H,57,61,63). The number of amides is 4. The molecule has 3 aliphatic heterocycles. The Balaban J connectivity index is 0.678. The molecule has 5 aromatic rings. The second-order valence-corrected chi connectivity index (χ2v) is 16.4. The average Bonchev–Trinajstić information content (AvgIpc) is 3.58. The summed E-state index contributed by atoms with van der Waals surface area (Å²) in [4.78, 5) is 77.7. The highest BCUT2D eigenvalue weighted by molar-refractivity contribution is 6.31. The molecule has 16 nitrogen and oxygen atoms in total. The van der Waals surface area contributed by atoms with Gasteiger partial charge in [0.15, 0.2) is 5.78 Å². The number of aromatic nitrogens is 2. The SMILES string of the molecule is O=C(COCCOCCOCCOCCNC(=O)c1ccc(Nc2ncc3c(n2)-c2ccc(Cl)cc2C(c2c(F)cccc2F)=NC3)cc1)Cc1cccc2c1CN(C1CCC(=O)NC1=O)C2=O. The molecule has 8 rings (SSSR count). The van der Waals surface area contributed by atoms with Gasteiger partial charge in [-0.3, -0.25) is 34.3 Å². The van der Waals surface area contributed by atoms with Gasteiger partial charge in [0.1, 0.15) is 24.3 Å². The van der Waals surface area contributed by atoms with E-state index in [0.29, 0.717) is 81.8 Å². The summed E-state index contributed by atoms with van der Waals surface area (Å²) in [5, 5.41) is 8.63. The van der Waals surface area contributed by atoms with E-state index in [4.69, 9.17) is 35.5 Å². The Morgan fingerprint density at radius 2 is 1.53 bits per heavy atom. The molecule has 1 fully saturated rings. The number of hydrogen-bond acceptors (Lipinski definition) is 13. The first-order valence-corrected chi connectivity index (χ1v) is 22.3. The van der Waals surface area contributed by atoms with E-state index in [9.17, 15) is 32.8 Å². The summed E-state index contributed by atoms with van der Waals surface area (Å²) in [7, 11) is 0. The van der Waals surface area contributed by atoms with Crippen LogP contribution < -0.4 is 16.0 Å². The molecular formula is C49H46ClF2N7O9. The minimum atomic E-state index is -0.743. The zero-order valence-electron chi connectivity index (χ0n) is 36.7. The first-order valence-electron chi connectivity index (χ1n) is 21.9. The van der Waals surface area contributed by atoms with Crippen molar-refractivity contribution in [2.45, 2.75) is 38.4 Å². The summed E-state index contributed by atoms with van der Waals surface area (Å²) >= 11 is 6.34. The Hall–Kier alpha value is -6.83. The number of anilines is 2. The normalized spacial score (nSPS) is 15.2. The number of piperidine rings is 1. The smallest absolute Gasteiger partial charge is 0.255 e. The summed E-state index contributed by atoms with van der Waals surface area (Å²) in [6, 6.07) is 19.9. The van der Waals surface area contributed by atoms with Crippen LogP contribution in [0.2, 0.25) is 5.02 Å². The van der Waals surface area contributed by atoms with Crippen molar-refractivity contribution in [3.63, 3.8) is 0 Å². The monoisotopic (exact) mass is 949 g/mol. The van der Waals surface area contributed by atoms with Crippen LogP contribution in [0.4, 0.5) is 20.4 Å². The topological polar surface area (TPSA) is 200 Å². The van der Waals surface area contributed by atoms with Gasteiger partial charge in [-0.1, -0.05) is 35.9 Å². The third kappa shape index (κ3) is 11.5. The van der Waals surface area contributed by atoms with E-state index in [1.54, 1.807) is 66.9 Å². The van der Waals surface area contributed by atoms with Crippen molar-refractivity contribution >= 4 is 58.4 Å². The quantitative estimate of drug-likeness (QED) is 0.0614. The van der Waals surface area contributed by atoms with Gasteiger partial charge in [0.05, 0.1) is 69.8 Å². The van der Waals surface area contributed by atoms with E-state index in [0.717, 1.165) is 0 Å². The molecule has 4 aromatic carbocycles. The third-order valence-electron chi connectivity index (χ3n) is 11.3. The maximum Gasteiger partial charge on any atom is 0.255 e. The summed E-state index contributed by atoms with van der Waals surface area (Å²) in [5.41, 5.74) is 5.02. The molecule has 352 valence electrons. The number of hydrogen-bond donors (Lipinski definition) is 3. The Bertz CT molecular complexity index is 2740. The molecule has 0 bridgehead atoms. The number of Topliss-reactive ketones (excluding diaryl/α,β-unsaturated/α-hetero) is 1. The van der Waals surface area contributed by atoms with Crippen LogP contribution in [0.25, 0.3) is 11.3 Å². The molecule has 3 N–H and O–H groups in total. The number of carbonyl (C=O) groups is 5. The van der Waals surface area contributed by atoms with Gasteiger partial charge in [-0.05, 0) is 72.1 Å². The Kier molecular flexibility index (Phi) is 15.6. The lowest BCUT2D eigenvalue weighted by atomic mass is 9.95. The molecule has 68 heavy (non-hydrogen) atoms. The number of carbonyl (C=O) groups excluding carboxylic acids is 5. The van der Waals surface area contributed by atoms with Gasteiger partial charge in [0.2, 0.25) is 17.8 Å². The minimum Gasteiger partial charge on any atom is -0.377 e. The lowest BCUT2D eigenvalue weighted by molar-refractivity contribution is -0.137. The molecule has 3 aliphatic rings. The number of halogens is 3. The van der Waals surface area contributed by atoms with E-state index in [1.165, 1.54) is 23.1 Å². The van der Waals surface area contributed by atoms with Crippen LogP contribution in [0.15, 0.2) is 90.1 Å². The van der Waals surface area contributed by atoms with E-state index in [-0.39, 0.29) is 106 Å². The van der Waals surface area contributed by atoms with E-state index in [2.05, 4.69) is 25.9 Å². The molecule has 1 unspecified atom stereocenters. The van der Waals surface area contributed by atoms with Crippen LogP contribution in [0, 0.1) is 11.6 Å². The lowest BCUT2D eigenvalue weighted by Gasteiger charge is -2.29. The van der Waals surface area contributed by atoms with Crippen LogP contribution in [-0.4, -0.2) is 115 Å². The maximum atomic E-state index is 14.9. The van der Waals surface area contributed by atoms with Gasteiger partial charge < -0.3 is 34.5 Å². The number of ether oxygens (including phenoxy) is 4. The average molecular weight is 950 g/mol. The Morgan fingerprint density at radius 3 is 2.26 bits per heavy atom. The van der Waals surface area contributed by atoms with Gasteiger partial charge in [-0.15, -0.1) is 0 Å². The van der Waals surface area contributed by atoms with Crippen LogP contribution in [0.1, 0.15) is 61.4 Å². The second kappa shape index (κ2) is 22.3. The van der Waals surface area contributed by atoms with Gasteiger partial charge >= 0.3 is 0 Å². The molecule has 0 spiro atoms. The summed E-state index contributed by atoms with van der Waals surface area (Å²) < 4.78 is 51.9. The number of ketones is 1. The van der Waals surface area contributed by atoms with Crippen LogP contribution >= 0.6 is 11.6 Å². The van der Waals surface area contributed by atoms with Gasteiger partial charge in [-0.25, -0.2) is 18.7 Å². The molecular weight excluding hydrogens is 904 g/mol. The van der Waals surface area contributed by atoms with Crippen molar-refractivity contribution in [3.8, 4) is 11.3 Å². The molecule has 4 heterocycles. The Morgan fingerprint density at radius 1 is 0.824 bits per heavy atom. The molecule has 4 amide bonds. The molecule has 0 saturated carbocycles. The highest BCUT2D eigenvalue weighted by atomic mass is 35.5. The zero-order chi connectivity index (χ0) is 47.6. The van der Waals surface area contributed by atoms with Crippen LogP contribution in [0.3, 0.4) is 0 Å². The van der Waals surface area contributed by atoms with Crippen LogP contribution in [-0.2, 0) is 52.8 Å². The first-order chi connectivity index (χ1) is 33.0. The van der Waals surface area contributed by atoms with E-state index < -0.39 is 23.6 Å². The largest absolute Gasteiger partial charge is 0.377 e. The summed E-state index contributed by atoms with van der Waals surface area (Å²) in [6.07, 6.45) is 2.11. The van der Waals surface area contributed by atoms with Crippen molar-refractivity contribution < 1.29 is 51.7 Å². The minimum absolute atomic E-state index is 0.0755.